The molecule has 0 amide bonds. The van der Waals surface area contributed by atoms with Crippen LogP contribution in [0.1, 0.15) is 38.5 Å². The van der Waals surface area contributed by atoms with Crippen molar-refractivity contribution in [1.82, 2.24) is 4.98 Å². The molecule has 0 aromatic carbocycles. The van der Waals surface area contributed by atoms with E-state index in [1.165, 1.54) is 38.5 Å². The van der Waals surface area contributed by atoms with Crippen molar-refractivity contribution >= 4 is 15.9 Å². The fourth-order valence-corrected chi connectivity index (χ4v) is 2.20. The van der Waals surface area contributed by atoms with Crippen molar-refractivity contribution in [2.24, 2.45) is 0 Å². The average molecular weight is 270 g/mol. The lowest BCUT2D eigenvalue weighted by molar-refractivity contribution is 0.176. The lowest BCUT2D eigenvalue weighted by atomic mass is 10.1. The molecule has 0 atom stereocenters. The van der Waals surface area contributed by atoms with Gasteiger partial charge in [-0.1, -0.05) is 12.8 Å². The topological polar surface area (TPSA) is 22.1 Å². The highest BCUT2D eigenvalue weighted by Gasteiger charge is 2.13. The maximum atomic E-state index is 5.86. The van der Waals surface area contributed by atoms with Gasteiger partial charge in [-0.3, -0.25) is 0 Å². The number of hydrogen-bond acceptors (Lipinski definition) is 2. The summed E-state index contributed by atoms with van der Waals surface area (Å²) in [5, 5.41) is 0. The minimum Gasteiger partial charge on any atom is -0.474 e. The Balaban J connectivity index is 1.92. The molecule has 1 aromatic rings. The van der Waals surface area contributed by atoms with E-state index in [-0.39, 0.29) is 0 Å². The van der Waals surface area contributed by atoms with E-state index in [0.717, 1.165) is 10.4 Å². The van der Waals surface area contributed by atoms with Crippen LogP contribution in [0.15, 0.2) is 22.8 Å². The van der Waals surface area contributed by atoms with Crippen molar-refractivity contribution in [1.29, 1.82) is 0 Å². The molecule has 2 nitrogen and oxygen atoms in total. The van der Waals surface area contributed by atoms with Crippen molar-refractivity contribution < 1.29 is 4.74 Å². The quantitative estimate of drug-likeness (QED) is 0.759. The predicted octanol–water partition coefficient (Wildman–Crippen LogP) is 3.95. The van der Waals surface area contributed by atoms with Gasteiger partial charge < -0.3 is 4.74 Å². The number of halogens is 1. The number of rotatable bonds is 2. The third-order valence-corrected chi connectivity index (χ3v) is 3.26. The summed E-state index contributed by atoms with van der Waals surface area (Å²) in [7, 11) is 0. The van der Waals surface area contributed by atoms with E-state index in [2.05, 4.69) is 20.9 Å². The van der Waals surface area contributed by atoms with Crippen LogP contribution in [0.25, 0.3) is 0 Å². The summed E-state index contributed by atoms with van der Waals surface area (Å²) in [6.45, 7) is 0. The molecule has 1 heterocycles. The second-order valence-electron chi connectivity index (χ2n) is 4.05. The highest BCUT2D eigenvalue weighted by Crippen LogP contribution is 2.22. The molecule has 15 heavy (non-hydrogen) atoms. The van der Waals surface area contributed by atoms with Crippen molar-refractivity contribution in [3.63, 3.8) is 0 Å². The molecule has 1 aliphatic rings. The Morgan fingerprint density at radius 1 is 1.13 bits per heavy atom. The Bertz CT molecular complexity index is 291. The molecule has 0 radical (unpaired) electrons. The van der Waals surface area contributed by atoms with Crippen LogP contribution >= 0.6 is 15.9 Å². The first-order valence-corrected chi connectivity index (χ1v) is 6.42. The molecular formula is C12H16BrNO. The molecule has 3 heteroatoms. The molecule has 1 fully saturated rings. The van der Waals surface area contributed by atoms with Crippen LogP contribution in [-0.4, -0.2) is 11.1 Å². The molecule has 2 rings (SSSR count). The summed E-state index contributed by atoms with van der Waals surface area (Å²) in [5.74, 6) is 0.755. The summed E-state index contributed by atoms with van der Waals surface area (Å²) in [6.07, 6.45) is 9.81. The SMILES string of the molecule is Brc1ccc(OC2CCCCCC2)nc1. The van der Waals surface area contributed by atoms with Gasteiger partial charge in [0.2, 0.25) is 5.88 Å². The fourth-order valence-electron chi connectivity index (χ4n) is 1.96. The third kappa shape index (κ3) is 3.49. The normalized spacial score (nSPS) is 18.5. The Morgan fingerprint density at radius 3 is 2.47 bits per heavy atom. The van der Waals surface area contributed by atoms with Gasteiger partial charge in [0.25, 0.3) is 0 Å². The van der Waals surface area contributed by atoms with Crippen LogP contribution in [0.4, 0.5) is 0 Å². The van der Waals surface area contributed by atoms with E-state index in [4.69, 9.17) is 4.74 Å². The zero-order valence-corrected chi connectivity index (χ0v) is 10.4. The molecule has 1 aliphatic carbocycles. The number of ether oxygens (including phenoxy) is 1. The Kier molecular flexibility index (Phi) is 4.01. The lowest BCUT2D eigenvalue weighted by Crippen LogP contribution is -2.15. The largest absolute Gasteiger partial charge is 0.474 e. The first kappa shape index (κ1) is 10.9. The summed E-state index contributed by atoms with van der Waals surface area (Å²) in [5.41, 5.74) is 0. The van der Waals surface area contributed by atoms with Gasteiger partial charge in [0.1, 0.15) is 6.10 Å². The van der Waals surface area contributed by atoms with E-state index in [0.29, 0.717) is 6.10 Å². The second-order valence-corrected chi connectivity index (χ2v) is 4.96. The Hall–Kier alpha value is -0.570. The molecule has 0 unspecified atom stereocenters. The molecule has 0 saturated heterocycles. The maximum Gasteiger partial charge on any atom is 0.213 e. The first-order chi connectivity index (χ1) is 7.34. The Morgan fingerprint density at radius 2 is 1.87 bits per heavy atom. The van der Waals surface area contributed by atoms with Crippen LogP contribution < -0.4 is 4.74 Å². The van der Waals surface area contributed by atoms with E-state index < -0.39 is 0 Å². The minimum absolute atomic E-state index is 0.376. The molecule has 0 spiro atoms. The number of hydrogen-bond donors (Lipinski definition) is 0. The van der Waals surface area contributed by atoms with Gasteiger partial charge in [0.05, 0.1) is 0 Å². The summed E-state index contributed by atoms with van der Waals surface area (Å²) >= 11 is 3.37. The number of nitrogens with zero attached hydrogens (tertiary/aromatic N) is 1. The van der Waals surface area contributed by atoms with Gasteiger partial charge in [0.15, 0.2) is 0 Å². The maximum absolute atomic E-state index is 5.86. The average Bonchev–Trinajstić information content (AvgIpc) is 2.50. The molecule has 1 saturated carbocycles. The molecule has 0 N–H and O–H groups in total. The Labute approximate surface area is 99.2 Å². The van der Waals surface area contributed by atoms with Crippen LogP contribution in [0, 0.1) is 0 Å². The molecule has 82 valence electrons. The molecular weight excluding hydrogens is 254 g/mol. The lowest BCUT2D eigenvalue weighted by Gasteiger charge is -2.15. The van der Waals surface area contributed by atoms with Gasteiger partial charge in [-0.2, -0.15) is 0 Å². The molecule has 0 bridgehead atoms. The standard InChI is InChI=1S/C12H16BrNO/c13-10-7-8-12(14-9-10)15-11-5-3-1-2-4-6-11/h7-9,11H,1-6H2. The van der Waals surface area contributed by atoms with Gasteiger partial charge in [-0.25, -0.2) is 4.98 Å². The van der Waals surface area contributed by atoms with Gasteiger partial charge in [-0.05, 0) is 47.7 Å². The van der Waals surface area contributed by atoms with Crippen LogP contribution in [0.5, 0.6) is 5.88 Å². The van der Waals surface area contributed by atoms with Crippen LogP contribution in [0.2, 0.25) is 0 Å². The van der Waals surface area contributed by atoms with E-state index >= 15 is 0 Å². The monoisotopic (exact) mass is 269 g/mol. The van der Waals surface area contributed by atoms with Crippen molar-refractivity contribution in [3.8, 4) is 5.88 Å². The number of aromatic nitrogens is 1. The van der Waals surface area contributed by atoms with Crippen molar-refractivity contribution in [2.45, 2.75) is 44.6 Å². The minimum atomic E-state index is 0.376. The highest BCUT2D eigenvalue weighted by molar-refractivity contribution is 9.10. The summed E-state index contributed by atoms with van der Waals surface area (Å²) in [6, 6.07) is 3.90. The van der Waals surface area contributed by atoms with Gasteiger partial charge in [0, 0.05) is 16.7 Å². The van der Waals surface area contributed by atoms with Crippen molar-refractivity contribution in [2.75, 3.05) is 0 Å². The first-order valence-electron chi connectivity index (χ1n) is 5.63. The highest BCUT2D eigenvalue weighted by atomic mass is 79.9. The smallest absolute Gasteiger partial charge is 0.213 e. The molecule has 1 aromatic heterocycles. The summed E-state index contributed by atoms with van der Waals surface area (Å²) in [4.78, 5) is 4.23. The van der Waals surface area contributed by atoms with Gasteiger partial charge in [-0.15, -0.1) is 0 Å². The van der Waals surface area contributed by atoms with E-state index in [9.17, 15) is 0 Å². The second kappa shape index (κ2) is 5.50. The van der Waals surface area contributed by atoms with Crippen molar-refractivity contribution in [3.05, 3.63) is 22.8 Å². The number of pyridine rings is 1. The fraction of sp³-hybridized carbons (Fsp3) is 0.583. The zero-order chi connectivity index (χ0) is 10.5. The zero-order valence-electron chi connectivity index (χ0n) is 8.79. The van der Waals surface area contributed by atoms with Crippen LogP contribution in [-0.2, 0) is 0 Å². The predicted molar refractivity (Wildman–Crippen MR) is 64.1 cm³/mol. The van der Waals surface area contributed by atoms with E-state index in [1.807, 2.05) is 12.1 Å². The van der Waals surface area contributed by atoms with Gasteiger partial charge >= 0.3 is 0 Å². The summed E-state index contributed by atoms with van der Waals surface area (Å²) < 4.78 is 6.85. The van der Waals surface area contributed by atoms with Crippen LogP contribution in [0.3, 0.4) is 0 Å². The van der Waals surface area contributed by atoms with E-state index in [1.54, 1.807) is 6.20 Å². The molecule has 0 aliphatic heterocycles. The third-order valence-electron chi connectivity index (χ3n) is 2.79.